The molecule has 2 heterocycles. The predicted octanol–water partition coefficient (Wildman–Crippen LogP) is 5.24. The van der Waals surface area contributed by atoms with Crippen LogP contribution in [0.2, 0.25) is 0 Å². The highest BCUT2D eigenvalue weighted by Gasteiger charge is 2.13. The number of amides is 1. The number of oxazole rings is 1. The van der Waals surface area contributed by atoms with Gasteiger partial charge in [-0.3, -0.25) is 9.69 Å². The Morgan fingerprint density at radius 1 is 1.00 bits per heavy atom. The van der Waals surface area contributed by atoms with Crippen LogP contribution in [0, 0.1) is 11.6 Å². The number of hydrogen-bond acceptors (Lipinski definition) is 4. The van der Waals surface area contributed by atoms with Crippen molar-refractivity contribution < 1.29 is 18.0 Å². The van der Waals surface area contributed by atoms with Crippen molar-refractivity contribution in [2.75, 3.05) is 13.1 Å². The smallest absolute Gasteiger partial charge is 0.220 e. The second-order valence-corrected chi connectivity index (χ2v) is 8.53. The third-order valence-corrected chi connectivity index (χ3v) is 5.93. The van der Waals surface area contributed by atoms with Gasteiger partial charge in [-0.25, -0.2) is 13.8 Å². The molecule has 0 aliphatic carbocycles. The van der Waals surface area contributed by atoms with Gasteiger partial charge in [-0.1, -0.05) is 37.1 Å². The topological polar surface area (TPSA) is 58.4 Å². The van der Waals surface area contributed by atoms with Gasteiger partial charge in [0.25, 0.3) is 0 Å². The molecule has 174 valence electrons. The largest absolute Gasteiger partial charge is 0.441 e. The number of benzene rings is 2. The van der Waals surface area contributed by atoms with Gasteiger partial charge in [0.15, 0.2) is 11.7 Å². The van der Waals surface area contributed by atoms with Crippen LogP contribution < -0.4 is 5.32 Å². The molecule has 5 nitrogen and oxygen atoms in total. The molecule has 0 radical (unpaired) electrons. The van der Waals surface area contributed by atoms with Crippen molar-refractivity contribution in [1.82, 2.24) is 15.2 Å². The van der Waals surface area contributed by atoms with E-state index in [-0.39, 0.29) is 23.7 Å². The molecule has 1 amide bonds. The van der Waals surface area contributed by atoms with E-state index in [1.54, 1.807) is 0 Å². The highest BCUT2D eigenvalue weighted by atomic mass is 19.1. The zero-order chi connectivity index (χ0) is 23.0. The second-order valence-electron chi connectivity index (χ2n) is 8.53. The summed E-state index contributed by atoms with van der Waals surface area (Å²) in [5, 5.41) is 2.91. The van der Waals surface area contributed by atoms with Crippen LogP contribution in [0.5, 0.6) is 0 Å². The molecule has 1 fully saturated rings. The standard InChI is InChI=1S/C26H29F2N3O2/c27-21-9-10-22(23(28)15-21)24-17-30-26(33-24)12-11-25(32)29-16-19-5-7-20(8-6-19)18-31-13-3-1-2-4-14-31/h5-10,15,17H,1-4,11-14,16,18H2,(H,29,32). The van der Waals surface area contributed by atoms with Crippen molar-refractivity contribution in [2.45, 2.75) is 51.6 Å². The highest BCUT2D eigenvalue weighted by molar-refractivity contribution is 5.76. The lowest BCUT2D eigenvalue weighted by atomic mass is 10.1. The molecule has 1 N–H and O–H groups in total. The Hall–Kier alpha value is -3.06. The van der Waals surface area contributed by atoms with Gasteiger partial charge in [-0.05, 0) is 49.2 Å². The van der Waals surface area contributed by atoms with Crippen molar-refractivity contribution in [3.63, 3.8) is 0 Å². The highest BCUT2D eigenvalue weighted by Crippen LogP contribution is 2.24. The molecule has 2 aromatic carbocycles. The Morgan fingerprint density at radius 2 is 1.73 bits per heavy atom. The van der Waals surface area contributed by atoms with Crippen LogP contribution in [0.15, 0.2) is 53.1 Å². The summed E-state index contributed by atoms with van der Waals surface area (Å²) in [6.45, 7) is 3.78. The molecular weight excluding hydrogens is 424 g/mol. The number of carbonyl (C=O) groups excluding carboxylic acids is 1. The first-order chi connectivity index (χ1) is 16.1. The average Bonchev–Trinajstić information content (AvgIpc) is 3.13. The predicted molar refractivity (Wildman–Crippen MR) is 122 cm³/mol. The second kappa shape index (κ2) is 11.2. The molecule has 1 aliphatic heterocycles. The van der Waals surface area contributed by atoms with Gasteiger partial charge in [0.2, 0.25) is 5.91 Å². The van der Waals surface area contributed by atoms with E-state index in [0.717, 1.165) is 24.2 Å². The van der Waals surface area contributed by atoms with Gasteiger partial charge >= 0.3 is 0 Å². The van der Waals surface area contributed by atoms with Gasteiger partial charge in [0.05, 0.1) is 11.8 Å². The number of nitrogens with one attached hydrogen (secondary N) is 1. The lowest BCUT2D eigenvalue weighted by molar-refractivity contribution is -0.121. The zero-order valence-corrected chi connectivity index (χ0v) is 18.7. The van der Waals surface area contributed by atoms with E-state index in [9.17, 15) is 13.6 Å². The fourth-order valence-electron chi connectivity index (χ4n) is 4.06. The Kier molecular flexibility index (Phi) is 7.83. The molecule has 0 unspecified atom stereocenters. The molecule has 4 rings (SSSR count). The number of rotatable bonds is 8. The van der Waals surface area contributed by atoms with Crippen molar-refractivity contribution in [3.8, 4) is 11.3 Å². The van der Waals surface area contributed by atoms with Crippen LogP contribution in [0.25, 0.3) is 11.3 Å². The molecule has 1 aromatic heterocycles. The molecule has 7 heteroatoms. The molecule has 0 spiro atoms. The number of carbonyl (C=O) groups is 1. The summed E-state index contributed by atoms with van der Waals surface area (Å²) in [5.41, 5.74) is 2.48. The van der Waals surface area contributed by atoms with Crippen LogP contribution in [-0.4, -0.2) is 28.9 Å². The fourth-order valence-corrected chi connectivity index (χ4v) is 4.06. The van der Waals surface area contributed by atoms with E-state index < -0.39 is 11.6 Å². The Morgan fingerprint density at radius 3 is 2.45 bits per heavy atom. The lowest BCUT2D eigenvalue weighted by Crippen LogP contribution is -2.24. The average molecular weight is 454 g/mol. The number of hydrogen-bond donors (Lipinski definition) is 1. The van der Waals surface area contributed by atoms with Gasteiger partial charge < -0.3 is 9.73 Å². The van der Waals surface area contributed by atoms with E-state index in [1.807, 2.05) is 0 Å². The summed E-state index contributed by atoms with van der Waals surface area (Å²) in [6, 6.07) is 11.7. The van der Waals surface area contributed by atoms with E-state index in [2.05, 4.69) is 39.5 Å². The number of nitrogens with zero attached hydrogens (tertiary/aromatic N) is 2. The van der Waals surface area contributed by atoms with Crippen LogP contribution >= 0.6 is 0 Å². The monoisotopic (exact) mass is 453 g/mol. The molecule has 1 saturated heterocycles. The first kappa shape index (κ1) is 23.1. The number of aryl methyl sites for hydroxylation is 1. The van der Waals surface area contributed by atoms with Gasteiger partial charge in [0, 0.05) is 32.0 Å². The summed E-state index contributed by atoms with van der Waals surface area (Å²) in [7, 11) is 0. The lowest BCUT2D eigenvalue weighted by Gasteiger charge is -2.19. The third-order valence-electron chi connectivity index (χ3n) is 5.93. The minimum absolute atomic E-state index is 0.114. The number of halogens is 2. The normalized spacial score (nSPS) is 14.7. The SMILES string of the molecule is O=C(CCc1ncc(-c2ccc(F)cc2F)o1)NCc1ccc(CN2CCCCCC2)cc1. The molecular formula is C26H29F2N3O2. The maximum Gasteiger partial charge on any atom is 0.220 e. The summed E-state index contributed by atoms with van der Waals surface area (Å²) >= 11 is 0. The maximum atomic E-state index is 13.9. The van der Waals surface area contributed by atoms with Crippen LogP contribution in [-0.2, 0) is 24.3 Å². The van der Waals surface area contributed by atoms with Crippen molar-refractivity contribution in [3.05, 3.63) is 77.3 Å². The molecule has 0 bridgehead atoms. The first-order valence-corrected chi connectivity index (χ1v) is 11.5. The van der Waals surface area contributed by atoms with E-state index >= 15 is 0 Å². The number of aromatic nitrogens is 1. The molecule has 3 aromatic rings. The van der Waals surface area contributed by atoms with E-state index in [1.165, 1.54) is 56.6 Å². The van der Waals surface area contributed by atoms with Crippen molar-refractivity contribution in [1.29, 1.82) is 0 Å². The first-order valence-electron chi connectivity index (χ1n) is 11.5. The van der Waals surface area contributed by atoms with Crippen LogP contribution in [0.1, 0.15) is 49.1 Å². The summed E-state index contributed by atoms with van der Waals surface area (Å²) in [4.78, 5) is 18.8. The van der Waals surface area contributed by atoms with Crippen molar-refractivity contribution in [2.24, 2.45) is 0 Å². The van der Waals surface area contributed by atoms with E-state index in [0.29, 0.717) is 18.9 Å². The quantitative estimate of drug-likeness (QED) is 0.507. The third kappa shape index (κ3) is 6.71. The van der Waals surface area contributed by atoms with Crippen molar-refractivity contribution >= 4 is 5.91 Å². The maximum absolute atomic E-state index is 13.9. The molecule has 1 aliphatic rings. The molecule has 0 atom stereocenters. The minimum Gasteiger partial charge on any atom is -0.441 e. The Balaban J connectivity index is 1.21. The summed E-state index contributed by atoms with van der Waals surface area (Å²) in [5.74, 6) is -0.936. The minimum atomic E-state index is -0.715. The molecule has 33 heavy (non-hydrogen) atoms. The Labute approximate surface area is 192 Å². The van der Waals surface area contributed by atoms with Crippen LogP contribution in [0.4, 0.5) is 8.78 Å². The summed E-state index contributed by atoms with van der Waals surface area (Å²) < 4.78 is 32.5. The fraction of sp³-hybridized carbons (Fsp3) is 0.385. The van der Waals surface area contributed by atoms with Crippen LogP contribution in [0.3, 0.4) is 0 Å². The van der Waals surface area contributed by atoms with Gasteiger partial charge in [0.1, 0.15) is 11.6 Å². The van der Waals surface area contributed by atoms with E-state index in [4.69, 9.17) is 4.42 Å². The summed E-state index contributed by atoms with van der Waals surface area (Å²) in [6.07, 6.45) is 7.11. The molecule has 0 saturated carbocycles. The van der Waals surface area contributed by atoms with Gasteiger partial charge in [-0.15, -0.1) is 0 Å². The Bertz CT molecular complexity index is 1060. The number of likely N-dealkylation sites (tertiary alicyclic amines) is 1. The zero-order valence-electron chi connectivity index (χ0n) is 18.7. The van der Waals surface area contributed by atoms with Gasteiger partial charge in [-0.2, -0.15) is 0 Å².